The molecule has 1 heterocycles. The van der Waals surface area contributed by atoms with Crippen molar-refractivity contribution in [3.8, 4) is 0 Å². The Balaban J connectivity index is 2.25. The molecule has 0 fully saturated rings. The highest BCUT2D eigenvalue weighted by atomic mass is 35.5. The van der Waals surface area contributed by atoms with Crippen LogP contribution in [0.3, 0.4) is 0 Å². The summed E-state index contributed by atoms with van der Waals surface area (Å²) < 4.78 is 13.5. The van der Waals surface area contributed by atoms with Crippen molar-refractivity contribution in [2.45, 2.75) is 0 Å². The number of anilines is 2. The molecule has 0 saturated heterocycles. The lowest BCUT2D eigenvalue weighted by atomic mass is 10.2. The van der Waals surface area contributed by atoms with Crippen molar-refractivity contribution in [3.05, 3.63) is 52.9 Å². The van der Waals surface area contributed by atoms with E-state index in [-0.39, 0.29) is 22.1 Å². The molecule has 0 aliphatic heterocycles. The molecule has 2 rings (SSSR count). The van der Waals surface area contributed by atoms with Gasteiger partial charge in [0.15, 0.2) is 5.82 Å². The zero-order valence-corrected chi connectivity index (χ0v) is 9.91. The summed E-state index contributed by atoms with van der Waals surface area (Å²) in [5.41, 5.74) is 5.53. The van der Waals surface area contributed by atoms with Crippen LogP contribution in [0.5, 0.6) is 0 Å². The maximum absolute atomic E-state index is 13.5. The molecule has 1 aromatic carbocycles. The van der Waals surface area contributed by atoms with Crippen LogP contribution in [0.1, 0.15) is 10.4 Å². The minimum absolute atomic E-state index is 0.120. The van der Waals surface area contributed by atoms with Crippen LogP contribution in [0, 0.1) is 5.82 Å². The van der Waals surface area contributed by atoms with Crippen molar-refractivity contribution >= 4 is 29.0 Å². The Morgan fingerprint density at radius 3 is 2.83 bits per heavy atom. The SMILES string of the molecule is Nc1ccc(C(=O)Nc2ncccc2Cl)c(F)c1. The Labute approximate surface area is 108 Å². The molecule has 6 heteroatoms. The summed E-state index contributed by atoms with van der Waals surface area (Å²) in [4.78, 5) is 15.7. The van der Waals surface area contributed by atoms with E-state index in [2.05, 4.69) is 10.3 Å². The number of rotatable bonds is 2. The highest BCUT2D eigenvalue weighted by molar-refractivity contribution is 6.33. The van der Waals surface area contributed by atoms with Crippen LogP contribution in [0.25, 0.3) is 0 Å². The first-order chi connectivity index (χ1) is 8.58. The van der Waals surface area contributed by atoms with Gasteiger partial charge in [0.05, 0.1) is 10.6 Å². The summed E-state index contributed by atoms with van der Waals surface area (Å²) in [6.45, 7) is 0. The van der Waals surface area contributed by atoms with E-state index in [1.807, 2.05) is 0 Å². The first-order valence-corrected chi connectivity index (χ1v) is 5.42. The number of benzene rings is 1. The van der Waals surface area contributed by atoms with Gasteiger partial charge in [-0.25, -0.2) is 9.37 Å². The second-order valence-electron chi connectivity index (χ2n) is 3.53. The van der Waals surface area contributed by atoms with Gasteiger partial charge >= 0.3 is 0 Å². The first-order valence-electron chi connectivity index (χ1n) is 5.05. The van der Waals surface area contributed by atoms with Gasteiger partial charge in [-0.2, -0.15) is 0 Å². The fourth-order valence-corrected chi connectivity index (χ4v) is 1.54. The smallest absolute Gasteiger partial charge is 0.259 e. The predicted molar refractivity (Wildman–Crippen MR) is 68.0 cm³/mol. The van der Waals surface area contributed by atoms with Gasteiger partial charge in [-0.05, 0) is 30.3 Å². The van der Waals surface area contributed by atoms with Gasteiger partial charge in [0.25, 0.3) is 5.91 Å². The van der Waals surface area contributed by atoms with Crippen molar-refractivity contribution < 1.29 is 9.18 Å². The topological polar surface area (TPSA) is 68.0 Å². The molecule has 0 unspecified atom stereocenters. The number of hydrogen-bond donors (Lipinski definition) is 2. The average molecular weight is 266 g/mol. The van der Waals surface area contributed by atoms with Crippen molar-refractivity contribution in [3.63, 3.8) is 0 Å². The highest BCUT2D eigenvalue weighted by Gasteiger charge is 2.13. The molecule has 1 aromatic heterocycles. The van der Waals surface area contributed by atoms with Crippen LogP contribution >= 0.6 is 11.6 Å². The number of nitrogens with zero attached hydrogens (tertiary/aromatic N) is 1. The van der Waals surface area contributed by atoms with Crippen LogP contribution in [0.4, 0.5) is 15.9 Å². The lowest BCUT2D eigenvalue weighted by Gasteiger charge is -2.06. The quantitative estimate of drug-likeness (QED) is 0.821. The van der Waals surface area contributed by atoms with Crippen LogP contribution in [0.15, 0.2) is 36.5 Å². The number of amides is 1. The van der Waals surface area contributed by atoms with Gasteiger partial charge in [0, 0.05) is 11.9 Å². The average Bonchev–Trinajstić information content (AvgIpc) is 2.32. The number of nitrogens with one attached hydrogen (secondary N) is 1. The molecule has 0 spiro atoms. The fraction of sp³-hybridized carbons (Fsp3) is 0. The van der Waals surface area contributed by atoms with Gasteiger partial charge in [0.1, 0.15) is 5.82 Å². The first kappa shape index (κ1) is 12.3. The molecule has 0 saturated carbocycles. The third kappa shape index (κ3) is 2.57. The van der Waals surface area contributed by atoms with Crippen LogP contribution in [-0.4, -0.2) is 10.9 Å². The number of aromatic nitrogens is 1. The second-order valence-corrected chi connectivity index (χ2v) is 3.93. The molecule has 0 atom stereocenters. The molecular weight excluding hydrogens is 257 g/mol. The molecule has 4 nitrogen and oxygen atoms in total. The molecule has 0 aliphatic carbocycles. The zero-order valence-electron chi connectivity index (χ0n) is 9.15. The zero-order chi connectivity index (χ0) is 13.1. The second kappa shape index (κ2) is 5.01. The van der Waals surface area contributed by atoms with Crippen LogP contribution in [0.2, 0.25) is 5.02 Å². The summed E-state index contributed by atoms with van der Waals surface area (Å²) in [7, 11) is 0. The minimum atomic E-state index is -0.695. The minimum Gasteiger partial charge on any atom is -0.399 e. The number of hydrogen-bond acceptors (Lipinski definition) is 3. The summed E-state index contributed by atoms with van der Waals surface area (Å²) in [5.74, 6) is -1.15. The maximum Gasteiger partial charge on any atom is 0.259 e. The van der Waals surface area contributed by atoms with E-state index in [1.54, 1.807) is 12.1 Å². The number of nitrogen functional groups attached to an aromatic ring is 1. The molecular formula is C12H9ClFN3O. The third-order valence-corrected chi connectivity index (χ3v) is 2.53. The Bertz CT molecular complexity index is 604. The van der Waals surface area contributed by atoms with E-state index in [4.69, 9.17) is 17.3 Å². The van der Waals surface area contributed by atoms with E-state index < -0.39 is 11.7 Å². The molecule has 0 bridgehead atoms. The van der Waals surface area contributed by atoms with Crippen molar-refractivity contribution in [1.29, 1.82) is 0 Å². The summed E-state index contributed by atoms with van der Waals surface area (Å²) in [6.07, 6.45) is 1.47. The molecule has 18 heavy (non-hydrogen) atoms. The normalized spacial score (nSPS) is 10.1. The number of pyridine rings is 1. The van der Waals surface area contributed by atoms with Crippen molar-refractivity contribution in [1.82, 2.24) is 4.98 Å². The van der Waals surface area contributed by atoms with Gasteiger partial charge in [0.2, 0.25) is 0 Å². The van der Waals surface area contributed by atoms with Gasteiger partial charge in [-0.15, -0.1) is 0 Å². The van der Waals surface area contributed by atoms with Gasteiger partial charge in [-0.3, -0.25) is 4.79 Å². The van der Waals surface area contributed by atoms with E-state index >= 15 is 0 Å². The van der Waals surface area contributed by atoms with Crippen LogP contribution in [-0.2, 0) is 0 Å². The van der Waals surface area contributed by atoms with Gasteiger partial charge in [-0.1, -0.05) is 11.6 Å². The predicted octanol–water partition coefficient (Wildman–Crippen LogP) is 2.71. The fourth-order valence-electron chi connectivity index (χ4n) is 1.37. The third-order valence-electron chi connectivity index (χ3n) is 2.23. The summed E-state index contributed by atoms with van der Waals surface area (Å²) in [6, 6.07) is 7.02. The maximum atomic E-state index is 13.5. The number of carbonyl (C=O) groups is 1. The Morgan fingerprint density at radius 2 is 2.17 bits per heavy atom. The standard InChI is InChI=1S/C12H9ClFN3O/c13-9-2-1-5-16-11(9)17-12(18)8-4-3-7(15)6-10(8)14/h1-6H,15H2,(H,16,17,18). The lowest BCUT2D eigenvalue weighted by molar-refractivity contribution is 0.102. The van der Waals surface area contributed by atoms with E-state index in [9.17, 15) is 9.18 Å². The summed E-state index contributed by atoms with van der Waals surface area (Å²) >= 11 is 5.83. The Morgan fingerprint density at radius 1 is 1.39 bits per heavy atom. The largest absolute Gasteiger partial charge is 0.399 e. The lowest BCUT2D eigenvalue weighted by Crippen LogP contribution is -2.15. The molecule has 1 amide bonds. The summed E-state index contributed by atoms with van der Waals surface area (Å²) in [5, 5.41) is 2.70. The number of halogens is 2. The monoisotopic (exact) mass is 265 g/mol. The van der Waals surface area contributed by atoms with Crippen molar-refractivity contribution in [2.75, 3.05) is 11.1 Å². The van der Waals surface area contributed by atoms with Crippen LogP contribution < -0.4 is 11.1 Å². The molecule has 0 aliphatic rings. The Hall–Kier alpha value is -2.14. The van der Waals surface area contributed by atoms with Crippen molar-refractivity contribution in [2.24, 2.45) is 0 Å². The van der Waals surface area contributed by atoms with E-state index in [0.717, 1.165) is 6.07 Å². The van der Waals surface area contributed by atoms with Gasteiger partial charge < -0.3 is 11.1 Å². The van der Waals surface area contributed by atoms with E-state index in [1.165, 1.54) is 18.3 Å². The van der Waals surface area contributed by atoms with E-state index in [0.29, 0.717) is 0 Å². The number of nitrogens with two attached hydrogens (primary N) is 1. The molecule has 92 valence electrons. The molecule has 0 radical (unpaired) electrons. The number of carbonyl (C=O) groups excluding carboxylic acids is 1. The Kier molecular flexibility index (Phi) is 3.43. The molecule has 3 N–H and O–H groups in total. The highest BCUT2D eigenvalue weighted by Crippen LogP contribution is 2.19. The molecule has 2 aromatic rings.